The molecule has 0 saturated carbocycles. The Balaban J connectivity index is 1.85. The van der Waals surface area contributed by atoms with E-state index in [1.165, 1.54) is 0 Å². The number of benzene rings is 2. The number of fused-ring (bicyclic) bond motifs is 1. The van der Waals surface area contributed by atoms with Crippen LogP contribution in [0.25, 0.3) is 22.2 Å². The van der Waals surface area contributed by atoms with Gasteiger partial charge < -0.3 is 5.32 Å². The highest BCUT2D eigenvalue weighted by atomic mass is 35.5. The Kier molecular flexibility index (Phi) is 4.57. The molecule has 2 heterocycles. The monoisotopic (exact) mass is 373 g/mol. The molecule has 0 bridgehead atoms. The van der Waals surface area contributed by atoms with Crippen molar-refractivity contribution in [3.05, 3.63) is 89.1 Å². The second-order valence-electron chi connectivity index (χ2n) is 6.18. The highest BCUT2D eigenvalue weighted by Crippen LogP contribution is 2.30. The molecule has 0 fully saturated rings. The molecule has 27 heavy (non-hydrogen) atoms. The molecule has 0 saturated heterocycles. The number of anilines is 1. The average molecular weight is 374 g/mol. The largest absolute Gasteiger partial charge is 0.306 e. The number of pyridine rings is 2. The number of hydrogen-bond donors (Lipinski definition) is 1. The Morgan fingerprint density at radius 2 is 1.78 bits per heavy atom. The van der Waals surface area contributed by atoms with Gasteiger partial charge >= 0.3 is 0 Å². The number of nitrogens with one attached hydrogen (secondary N) is 1. The summed E-state index contributed by atoms with van der Waals surface area (Å²) in [6.07, 6.45) is 1.66. The number of rotatable bonds is 3. The fourth-order valence-electron chi connectivity index (χ4n) is 2.96. The number of carbonyl (C=O) groups is 1. The predicted molar refractivity (Wildman–Crippen MR) is 109 cm³/mol. The van der Waals surface area contributed by atoms with Crippen LogP contribution in [0.5, 0.6) is 0 Å². The van der Waals surface area contributed by atoms with Crippen LogP contribution in [0, 0.1) is 6.92 Å². The maximum atomic E-state index is 13.0. The van der Waals surface area contributed by atoms with Crippen LogP contribution in [0.4, 0.5) is 5.82 Å². The molecule has 0 aliphatic rings. The number of amides is 1. The molecule has 4 aromatic rings. The van der Waals surface area contributed by atoms with Gasteiger partial charge in [-0.25, -0.2) is 9.97 Å². The van der Waals surface area contributed by atoms with Crippen molar-refractivity contribution in [3.8, 4) is 11.3 Å². The van der Waals surface area contributed by atoms with Crippen LogP contribution in [0.1, 0.15) is 15.9 Å². The van der Waals surface area contributed by atoms with E-state index in [1.54, 1.807) is 12.3 Å². The molecule has 0 atom stereocenters. The number of aryl methyl sites for hydroxylation is 1. The van der Waals surface area contributed by atoms with Gasteiger partial charge in [-0.05, 0) is 36.8 Å². The molecule has 132 valence electrons. The van der Waals surface area contributed by atoms with E-state index in [0.717, 1.165) is 22.0 Å². The molecule has 1 N–H and O–H groups in total. The topological polar surface area (TPSA) is 54.9 Å². The molecule has 2 aromatic carbocycles. The minimum Gasteiger partial charge on any atom is -0.306 e. The van der Waals surface area contributed by atoms with Gasteiger partial charge in [-0.3, -0.25) is 4.79 Å². The van der Waals surface area contributed by atoms with E-state index in [-0.39, 0.29) is 5.91 Å². The van der Waals surface area contributed by atoms with E-state index < -0.39 is 0 Å². The van der Waals surface area contributed by atoms with Crippen molar-refractivity contribution in [2.24, 2.45) is 0 Å². The summed E-state index contributed by atoms with van der Waals surface area (Å²) in [5.41, 5.74) is 3.60. The second-order valence-corrected chi connectivity index (χ2v) is 6.58. The Morgan fingerprint density at radius 3 is 2.59 bits per heavy atom. The van der Waals surface area contributed by atoms with Gasteiger partial charge in [-0.15, -0.1) is 0 Å². The van der Waals surface area contributed by atoms with Crippen molar-refractivity contribution in [2.75, 3.05) is 5.32 Å². The first-order chi connectivity index (χ1) is 13.1. The summed E-state index contributed by atoms with van der Waals surface area (Å²) in [6, 6.07) is 20.5. The summed E-state index contributed by atoms with van der Waals surface area (Å²) in [5, 5.41) is 4.27. The Hall–Kier alpha value is -3.24. The number of carbonyl (C=O) groups excluding carboxylic acids is 1. The molecule has 0 aliphatic carbocycles. The molecule has 0 aliphatic heterocycles. The molecule has 1 amide bonds. The highest BCUT2D eigenvalue weighted by molar-refractivity contribution is 6.33. The fourth-order valence-corrected chi connectivity index (χ4v) is 3.19. The van der Waals surface area contributed by atoms with E-state index in [4.69, 9.17) is 16.6 Å². The first-order valence-corrected chi connectivity index (χ1v) is 8.89. The van der Waals surface area contributed by atoms with Gasteiger partial charge in [0.05, 0.1) is 16.8 Å². The van der Waals surface area contributed by atoms with Crippen molar-refractivity contribution >= 4 is 34.2 Å². The molecule has 0 radical (unpaired) electrons. The summed E-state index contributed by atoms with van der Waals surface area (Å²) in [4.78, 5) is 22.0. The first-order valence-electron chi connectivity index (χ1n) is 8.51. The van der Waals surface area contributed by atoms with Gasteiger partial charge in [-0.1, -0.05) is 54.1 Å². The van der Waals surface area contributed by atoms with Gasteiger partial charge in [0.25, 0.3) is 5.91 Å². The number of para-hydroxylation sites is 1. The van der Waals surface area contributed by atoms with E-state index >= 15 is 0 Å². The summed E-state index contributed by atoms with van der Waals surface area (Å²) >= 11 is 6.34. The van der Waals surface area contributed by atoms with Gasteiger partial charge in [-0.2, -0.15) is 0 Å². The summed E-state index contributed by atoms with van der Waals surface area (Å²) in [5.74, 6) is 0.311. The molecular formula is C22H16ClN3O. The molecule has 0 spiro atoms. The third-order valence-corrected chi connectivity index (χ3v) is 4.68. The van der Waals surface area contributed by atoms with Crippen molar-refractivity contribution in [3.63, 3.8) is 0 Å². The average Bonchev–Trinajstić information content (AvgIpc) is 2.69. The maximum Gasteiger partial charge on any atom is 0.257 e. The zero-order chi connectivity index (χ0) is 18.8. The standard InChI is InChI=1S/C22H16ClN3O/c1-14-7-6-12-24-21(14)26-22(27)17-13-20(16-9-2-4-10-18(16)23)25-19-11-5-3-8-15(17)19/h2-13H,1H3,(H,24,26,27). The first kappa shape index (κ1) is 17.2. The van der Waals surface area contributed by atoms with Crippen molar-refractivity contribution < 1.29 is 4.79 Å². The number of halogens is 1. The van der Waals surface area contributed by atoms with Crippen LogP contribution in [0.2, 0.25) is 5.02 Å². The number of nitrogens with zero attached hydrogens (tertiary/aromatic N) is 2. The van der Waals surface area contributed by atoms with Gasteiger partial charge in [0.15, 0.2) is 0 Å². The maximum absolute atomic E-state index is 13.0. The van der Waals surface area contributed by atoms with Gasteiger partial charge in [0, 0.05) is 22.2 Å². The van der Waals surface area contributed by atoms with Crippen LogP contribution >= 0.6 is 11.6 Å². The van der Waals surface area contributed by atoms with E-state index in [0.29, 0.717) is 22.1 Å². The van der Waals surface area contributed by atoms with Gasteiger partial charge in [0.2, 0.25) is 0 Å². The second kappa shape index (κ2) is 7.17. The number of hydrogen-bond acceptors (Lipinski definition) is 3. The summed E-state index contributed by atoms with van der Waals surface area (Å²) < 4.78 is 0. The lowest BCUT2D eigenvalue weighted by Crippen LogP contribution is -2.15. The zero-order valence-corrected chi connectivity index (χ0v) is 15.4. The van der Waals surface area contributed by atoms with Crippen molar-refractivity contribution in [2.45, 2.75) is 6.92 Å². The fraction of sp³-hybridized carbons (Fsp3) is 0.0455. The lowest BCUT2D eigenvalue weighted by molar-refractivity contribution is 0.102. The Morgan fingerprint density at radius 1 is 1.00 bits per heavy atom. The minimum absolute atomic E-state index is 0.233. The van der Waals surface area contributed by atoms with Crippen LogP contribution in [-0.4, -0.2) is 15.9 Å². The van der Waals surface area contributed by atoms with Crippen molar-refractivity contribution in [1.82, 2.24) is 9.97 Å². The summed E-state index contributed by atoms with van der Waals surface area (Å²) in [6.45, 7) is 1.91. The Labute approximate surface area is 161 Å². The van der Waals surface area contributed by atoms with Crippen LogP contribution in [0.3, 0.4) is 0 Å². The number of aromatic nitrogens is 2. The molecular weight excluding hydrogens is 358 g/mol. The zero-order valence-electron chi connectivity index (χ0n) is 14.6. The third-order valence-electron chi connectivity index (χ3n) is 4.35. The quantitative estimate of drug-likeness (QED) is 0.515. The molecule has 4 nitrogen and oxygen atoms in total. The minimum atomic E-state index is -0.233. The molecule has 0 unspecified atom stereocenters. The molecule has 5 heteroatoms. The predicted octanol–water partition coefficient (Wildman–Crippen LogP) is 5.51. The highest BCUT2D eigenvalue weighted by Gasteiger charge is 2.16. The van der Waals surface area contributed by atoms with Gasteiger partial charge in [0.1, 0.15) is 5.82 Å². The molecule has 2 aromatic heterocycles. The van der Waals surface area contributed by atoms with E-state index in [2.05, 4.69) is 10.3 Å². The lowest BCUT2D eigenvalue weighted by Gasteiger charge is -2.12. The van der Waals surface area contributed by atoms with E-state index in [1.807, 2.05) is 67.6 Å². The summed E-state index contributed by atoms with van der Waals surface area (Å²) in [7, 11) is 0. The van der Waals surface area contributed by atoms with E-state index in [9.17, 15) is 4.79 Å². The van der Waals surface area contributed by atoms with Crippen LogP contribution in [-0.2, 0) is 0 Å². The van der Waals surface area contributed by atoms with Crippen LogP contribution < -0.4 is 5.32 Å². The SMILES string of the molecule is Cc1cccnc1NC(=O)c1cc(-c2ccccc2Cl)nc2ccccc12. The molecule has 4 rings (SSSR count). The normalized spacial score (nSPS) is 10.7. The third kappa shape index (κ3) is 3.39. The lowest BCUT2D eigenvalue weighted by atomic mass is 10.0. The van der Waals surface area contributed by atoms with Crippen LogP contribution in [0.15, 0.2) is 72.9 Å². The smallest absolute Gasteiger partial charge is 0.257 e. The van der Waals surface area contributed by atoms with Crippen molar-refractivity contribution in [1.29, 1.82) is 0 Å². The Bertz CT molecular complexity index is 1160.